The highest BCUT2D eigenvalue weighted by atomic mass is 32.1. The second kappa shape index (κ2) is 6.36. The maximum atomic E-state index is 12.4. The summed E-state index contributed by atoms with van der Waals surface area (Å²) < 4.78 is 1.96. The van der Waals surface area contributed by atoms with E-state index < -0.39 is 0 Å². The van der Waals surface area contributed by atoms with Crippen molar-refractivity contribution in [3.05, 3.63) is 52.1 Å². The van der Waals surface area contributed by atoms with E-state index in [0.717, 1.165) is 42.1 Å². The van der Waals surface area contributed by atoms with Crippen LogP contribution in [-0.2, 0) is 11.2 Å². The fourth-order valence-corrected chi connectivity index (χ4v) is 4.13. The van der Waals surface area contributed by atoms with Crippen LogP contribution in [0.15, 0.2) is 35.8 Å². The van der Waals surface area contributed by atoms with Crippen LogP contribution in [0, 0.1) is 6.92 Å². The summed E-state index contributed by atoms with van der Waals surface area (Å²) in [4.78, 5) is 20.0. The number of hydrogen-bond acceptors (Lipinski definition) is 4. The number of nitrogens with zero attached hydrogens (tertiary/aromatic N) is 4. The third-order valence-electron chi connectivity index (χ3n) is 4.68. The van der Waals surface area contributed by atoms with Crippen LogP contribution in [0.1, 0.15) is 35.0 Å². The second-order valence-electron chi connectivity index (χ2n) is 6.34. The van der Waals surface area contributed by atoms with Crippen LogP contribution in [0.3, 0.4) is 0 Å². The first kappa shape index (κ1) is 15.3. The molecule has 1 saturated heterocycles. The molecular weight excluding hydrogens is 320 g/mol. The zero-order chi connectivity index (χ0) is 16.5. The predicted molar refractivity (Wildman–Crippen MR) is 94.3 cm³/mol. The molecule has 0 N–H and O–H groups in total. The van der Waals surface area contributed by atoms with Crippen LogP contribution in [-0.4, -0.2) is 38.5 Å². The molecule has 0 atom stereocenters. The van der Waals surface area contributed by atoms with E-state index in [9.17, 15) is 4.79 Å². The standard InChI is InChI=1S/C18H20N4OS/c1-13-11-17-19-7-4-16(22(17)20-13)14-5-8-21(9-6-14)18(23)12-15-3-2-10-24-15/h2-4,7,10-11,14H,5-6,8-9,12H2,1H3. The molecule has 0 aliphatic carbocycles. The van der Waals surface area contributed by atoms with Gasteiger partial charge in [0.15, 0.2) is 5.65 Å². The normalized spacial score (nSPS) is 16.0. The van der Waals surface area contributed by atoms with Crippen molar-refractivity contribution >= 4 is 22.9 Å². The van der Waals surface area contributed by atoms with Gasteiger partial charge >= 0.3 is 0 Å². The monoisotopic (exact) mass is 340 g/mol. The lowest BCUT2D eigenvalue weighted by Crippen LogP contribution is -2.39. The summed E-state index contributed by atoms with van der Waals surface area (Å²) in [6.45, 7) is 3.63. The molecule has 0 spiro atoms. The fraction of sp³-hybridized carbons (Fsp3) is 0.389. The first-order chi connectivity index (χ1) is 11.7. The highest BCUT2D eigenvalue weighted by Crippen LogP contribution is 2.28. The molecule has 4 rings (SSSR count). The molecule has 0 saturated carbocycles. The third-order valence-corrected chi connectivity index (χ3v) is 5.56. The van der Waals surface area contributed by atoms with Gasteiger partial charge in [-0.2, -0.15) is 5.10 Å². The first-order valence-corrected chi connectivity index (χ1v) is 9.20. The summed E-state index contributed by atoms with van der Waals surface area (Å²) in [5.74, 6) is 0.672. The van der Waals surface area contributed by atoms with E-state index >= 15 is 0 Å². The Kier molecular flexibility index (Phi) is 4.06. The molecule has 5 nitrogen and oxygen atoms in total. The smallest absolute Gasteiger partial charge is 0.227 e. The number of aryl methyl sites for hydroxylation is 1. The van der Waals surface area contributed by atoms with Crippen LogP contribution in [0.4, 0.5) is 0 Å². The lowest BCUT2D eigenvalue weighted by atomic mass is 9.93. The number of fused-ring (bicyclic) bond motifs is 1. The molecular formula is C18H20N4OS. The van der Waals surface area contributed by atoms with Gasteiger partial charge in [0.1, 0.15) is 0 Å². The molecule has 1 amide bonds. The molecule has 1 aliphatic heterocycles. The molecule has 0 bridgehead atoms. The van der Waals surface area contributed by atoms with E-state index in [4.69, 9.17) is 0 Å². The lowest BCUT2D eigenvalue weighted by Gasteiger charge is -2.32. The van der Waals surface area contributed by atoms with Gasteiger partial charge in [-0.15, -0.1) is 11.3 Å². The van der Waals surface area contributed by atoms with E-state index in [1.54, 1.807) is 11.3 Å². The number of aromatic nitrogens is 3. The number of rotatable bonds is 3. The van der Waals surface area contributed by atoms with Gasteiger partial charge in [0.2, 0.25) is 5.91 Å². The van der Waals surface area contributed by atoms with Crippen molar-refractivity contribution in [2.75, 3.05) is 13.1 Å². The average molecular weight is 340 g/mol. The van der Waals surface area contributed by atoms with E-state index in [-0.39, 0.29) is 5.91 Å². The Morgan fingerprint density at radius 1 is 1.33 bits per heavy atom. The number of piperidine rings is 1. The summed E-state index contributed by atoms with van der Waals surface area (Å²) in [5.41, 5.74) is 3.10. The molecule has 4 heterocycles. The molecule has 3 aromatic rings. The number of hydrogen-bond donors (Lipinski definition) is 0. The molecule has 0 unspecified atom stereocenters. The minimum atomic E-state index is 0.241. The van der Waals surface area contributed by atoms with Gasteiger partial charge in [0.05, 0.1) is 12.1 Å². The topological polar surface area (TPSA) is 50.5 Å². The highest BCUT2D eigenvalue weighted by Gasteiger charge is 2.25. The van der Waals surface area contributed by atoms with E-state index in [1.165, 1.54) is 5.69 Å². The summed E-state index contributed by atoms with van der Waals surface area (Å²) >= 11 is 1.65. The zero-order valence-corrected chi connectivity index (χ0v) is 14.5. The quantitative estimate of drug-likeness (QED) is 0.736. The van der Waals surface area contributed by atoms with Crippen LogP contribution in [0.5, 0.6) is 0 Å². The Labute approximate surface area is 144 Å². The van der Waals surface area contributed by atoms with Gasteiger partial charge in [-0.3, -0.25) is 4.79 Å². The zero-order valence-electron chi connectivity index (χ0n) is 13.7. The Hall–Kier alpha value is -2.21. The molecule has 0 aromatic carbocycles. The van der Waals surface area contributed by atoms with Crippen molar-refractivity contribution in [1.29, 1.82) is 0 Å². The van der Waals surface area contributed by atoms with Crippen molar-refractivity contribution in [3.8, 4) is 0 Å². The number of likely N-dealkylation sites (tertiary alicyclic amines) is 1. The molecule has 3 aromatic heterocycles. The van der Waals surface area contributed by atoms with Crippen molar-refractivity contribution < 1.29 is 4.79 Å². The van der Waals surface area contributed by atoms with Gasteiger partial charge in [-0.05, 0) is 37.3 Å². The molecule has 0 radical (unpaired) electrons. The lowest BCUT2D eigenvalue weighted by molar-refractivity contribution is -0.131. The molecule has 1 fully saturated rings. The Bertz CT molecular complexity index is 847. The van der Waals surface area contributed by atoms with Crippen LogP contribution >= 0.6 is 11.3 Å². The number of thiophene rings is 1. The summed E-state index contributed by atoms with van der Waals surface area (Å²) in [5, 5.41) is 6.59. The first-order valence-electron chi connectivity index (χ1n) is 8.32. The molecule has 24 heavy (non-hydrogen) atoms. The van der Waals surface area contributed by atoms with E-state index in [0.29, 0.717) is 12.3 Å². The number of carbonyl (C=O) groups is 1. The summed E-state index contributed by atoms with van der Waals surface area (Å²) in [6.07, 6.45) is 4.35. The number of carbonyl (C=O) groups excluding carboxylic acids is 1. The maximum absolute atomic E-state index is 12.4. The van der Waals surface area contributed by atoms with Gasteiger partial charge in [-0.25, -0.2) is 9.50 Å². The van der Waals surface area contributed by atoms with Crippen molar-refractivity contribution in [2.45, 2.75) is 32.1 Å². The van der Waals surface area contributed by atoms with Crippen LogP contribution in [0.25, 0.3) is 5.65 Å². The minimum absolute atomic E-state index is 0.241. The van der Waals surface area contributed by atoms with Crippen LogP contribution in [0.2, 0.25) is 0 Å². The second-order valence-corrected chi connectivity index (χ2v) is 7.37. The van der Waals surface area contributed by atoms with Crippen molar-refractivity contribution in [3.63, 3.8) is 0 Å². The van der Waals surface area contributed by atoms with E-state index in [1.807, 2.05) is 46.1 Å². The maximum Gasteiger partial charge on any atom is 0.227 e. The van der Waals surface area contributed by atoms with Crippen molar-refractivity contribution in [1.82, 2.24) is 19.5 Å². The van der Waals surface area contributed by atoms with E-state index in [2.05, 4.69) is 16.1 Å². The SMILES string of the molecule is Cc1cc2nccc(C3CCN(C(=O)Cc4cccs4)CC3)n2n1. The molecule has 1 aliphatic rings. The molecule has 124 valence electrons. The van der Waals surface area contributed by atoms with Crippen molar-refractivity contribution in [2.24, 2.45) is 0 Å². The van der Waals surface area contributed by atoms with Gasteiger partial charge in [-0.1, -0.05) is 6.07 Å². The highest BCUT2D eigenvalue weighted by molar-refractivity contribution is 7.10. The summed E-state index contributed by atoms with van der Waals surface area (Å²) in [6, 6.07) is 8.10. The van der Waals surface area contributed by atoms with Gasteiger partial charge in [0, 0.05) is 41.8 Å². The van der Waals surface area contributed by atoms with Gasteiger partial charge < -0.3 is 4.90 Å². The predicted octanol–water partition coefficient (Wildman–Crippen LogP) is 3.05. The fourth-order valence-electron chi connectivity index (χ4n) is 3.44. The van der Waals surface area contributed by atoms with Crippen LogP contribution < -0.4 is 0 Å². The Morgan fingerprint density at radius 2 is 2.17 bits per heavy atom. The minimum Gasteiger partial charge on any atom is -0.342 e. The number of amides is 1. The Morgan fingerprint density at radius 3 is 2.92 bits per heavy atom. The third kappa shape index (κ3) is 2.94. The summed E-state index contributed by atoms with van der Waals surface area (Å²) in [7, 11) is 0. The largest absolute Gasteiger partial charge is 0.342 e. The Balaban J connectivity index is 1.44. The van der Waals surface area contributed by atoms with Gasteiger partial charge in [0.25, 0.3) is 0 Å². The molecule has 6 heteroatoms. The average Bonchev–Trinajstić information content (AvgIpc) is 3.23.